The second-order valence-corrected chi connectivity index (χ2v) is 3.39. The maximum Gasteiger partial charge on any atom is 0.265 e. The highest BCUT2D eigenvalue weighted by molar-refractivity contribution is 6.31. The van der Waals surface area contributed by atoms with E-state index in [9.17, 15) is 4.79 Å². The summed E-state index contributed by atoms with van der Waals surface area (Å²) in [6.45, 7) is 0. The Labute approximate surface area is 89.6 Å². The van der Waals surface area contributed by atoms with Crippen LogP contribution in [0.2, 0.25) is 5.02 Å². The second-order valence-electron chi connectivity index (χ2n) is 2.69. The van der Waals surface area contributed by atoms with Gasteiger partial charge in [-0.15, -0.1) is 11.6 Å². The number of benzene rings is 1. The molecule has 0 amide bonds. The van der Waals surface area contributed by atoms with E-state index in [1.807, 2.05) is 0 Å². The van der Waals surface area contributed by atoms with Gasteiger partial charge in [0.2, 0.25) is 5.78 Å². The molecular formula is C9H5Cl2NO2. The first-order valence-corrected chi connectivity index (χ1v) is 4.77. The molecule has 1 aromatic carbocycles. The molecule has 14 heavy (non-hydrogen) atoms. The molecule has 2 aromatic rings. The van der Waals surface area contributed by atoms with E-state index >= 15 is 0 Å². The number of aromatic nitrogens is 1. The zero-order valence-corrected chi connectivity index (χ0v) is 8.47. The molecule has 0 bridgehead atoms. The van der Waals surface area contributed by atoms with Crippen molar-refractivity contribution in [1.29, 1.82) is 0 Å². The fourth-order valence-corrected chi connectivity index (χ4v) is 1.36. The van der Waals surface area contributed by atoms with Gasteiger partial charge in [0.25, 0.3) is 5.89 Å². The Kier molecular flexibility index (Phi) is 2.44. The van der Waals surface area contributed by atoms with Crippen LogP contribution in [0.4, 0.5) is 0 Å². The zero-order chi connectivity index (χ0) is 10.1. The number of halogens is 2. The second kappa shape index (κ2) is 3.59. The Morgan fingerprint density at radius 1 is 1.50 bits per heavy atom. The summed E-state index contributed by atoms with van der Waals surface area (Å²) >= 11 is 11.1. The molecule has 1 aromatic heterocycles. The van der Waals surface area contributed by atoms with Crippen molar-refractivity contribution in [2.45, 2.75) is 0 Å². The average Bonchev–Trinajstić information content (AvgIpc) is 2.59. The van der Waals surface area contributed by atoms with Crippen molar-refractivity contribution in [2.24, 2.45) is 0 Å². The number of alkyl halides is 1. The van der Waals surface area contributed by atoms with Crippen molar-refractivity contribution in [3.8, 4) is 0 Å². The van der Waals surface area contributed by atoms with Crippen LogP contribution < -0.4 is 0 Å². The summed E-state index contributed by atoms with van der Waals surface area (Å²) in [6, 6.07) is 4.96. The summed E-state index contributed by atoms with van der Waals surface area (Å²) in [5.74, 6) is -0.447. The van der Waals surface area contributed by atoms with Crippen LogP contribution in [-0.4, -0.2) is 16.6 Å². The van der Waals surface area contributed by atoms with Crippen LogP contribution in [0.25, 0.3) is 11.1 Å². The molecule has 0 aliphatic rings. The number of rotatable bonds is 2. The van der Waals surface area contributed by atoms with Crippen molar-refractivity contribution < 1.29 is 9.21 Å². The van der Waals surface area contributed by atoms with Gasteiger partial charge < -0.3 is 4.42 Å². The van der Waals surface area contributed by atoms with Crippen LogP contribution in [0.5, 0.6) is 0 Å². The SMILES string of the molecule is O=C(CCl)c1nc2cc(Cl)ccc2o1. The third kappa shape index (κ3) is 1.61. The highest BCUT2D eigenvalue weighted by Gasteiger charge is 2.12. The number of carbonyl (C=O) groups is 1. The fraction of sp³-hybridized carbons (Fsp3) is 0.111. The van der Waals surface area contributed by atoms with Crippen LogP contribution >= 0.6 is 23.2 Å². The monoisotopic (exact) mass is 229 g/mol. The summed E-state index contributed by atoms with van der Waals surface area (Å²) in [5.41, 5.74) is 1.09. The van der Waals surface area contributed by atoms with Gasteiger partial charge in [-0.3, -0.25) is 4.79 Å². The van der Waals surface area contributed by atoms with Gasteiger partial charge in [0, 0.05) is 5.02 Å². The molecule has 72 valence electrons. The van der Waals surface area contributed by atoms with Crippen LogP contribution in [0.15, 0.2) is 22.6 Å². The molecule has 0 unspecified atom stereocenters. The maximum atomic E-state index is 11.1. The maximum absolute atomic E-state index is 11.1. The molecular weight excluding hydrogens is 225 g/mol. The van der Waals surface area contributed by atoms with Gasteiger partial charge in [0.1, 0.15) is 5.52 Å². The summed E-state index contributed by atoms with van der Waals surface area (Å²) < 4.78 is 5.17. The van der Waals surface area contributed by atoms with Gasteiger partial charge in [-0.1, -0.05) is 11.6 Å². The summed E-state index contributed by atoms with van der Waals surface area (Å²) in [7, 11) is 0. The highest BCUT2D eigenvalue weighted by Crippen LogP contribution is 2.20. The van der Waals surface area contributed by atoms with E-state index in [1.54, 1.807) is 18.2 Å². The normalized spacial score (nSPS) is 10.7. The lowest BCUT2D eigenvalue weighted by Gasteiger charge is -1.85. The molecule has 2 rings (SSSR count). The molecule has 0 spiro atoms. The first-order chi connectivity index (χ1) is 6.70. The Balaban J connectivity index is 2.56. The smallest absolute Gasteiger partial charge is 0.265 e. The minimum atomic E-state index is -0.334. The van der Waals surface area contributed by atoms with Crippen molar-refractivity contribution in [1.82, 2.24) is 4.98 Å². The van der Waals surface area contributed by atoms with Gasteiger partial charge in [-0.05, 0) is 18.2 Å². The average molecular weight is 230 g/mol. The Hall–Kier alpha value is -1.06. The molecule has 0 fully saturated rings. The molecule has 0 saturated heterocycles. The molecule has 1 heterocycles. The molecule has 5 heteroatoms. The minimum Gasteiger partial charge on any atom is -0.434 e. The lowest BCUT2D eigenvalue weighted by Crippen LogP contribution is -1.99. The van der Waals surface area contributed by atoms with E-state index in [2.05, 4.69) is 4.98 Å². The van der Waals surface area contributed by atoms with E-state index < -0.39 is 0 Å². The Morgan fingerprint density at radius 2 is 2.29 bits per heavy atom. The largest absolute Gasteiger partial charge is 0.434 e. The number of hydrogen-bond acceptors (Lipinski definition) is 3. The van der Waals surface area contributed by atoms with E-state index in [1.165, 1.54) is 0 Å². The van der Waals surface area contributed by atoms with Crippen LogP contribution in [0, 0.1) is 0 Å². The van der Waals surface area contributed by atoms with E-state index in [0.717, 1.165) is 0 Å². The predicted octanol–water partition coefficient (Wildman–Crippen LogP) is 2.90. The number of ketones is 1. The van der Waals surface area contributed by atoms with E-state index in [4.69, 9.17) is 27.6 Å². The number of oxazole rings is 1. The molecule has 0 N–H and O–H groups in total. The molecule has 0 saturated carbocycles. The molecule has 0 radical (unpaired) electrons. The number of nitrogens with zero attached hydrogens (tertiary/aromatic N) is 1. The summed E-state index contributed by atoms with van der Waals surface area (Å²) in [5, 5.41) is 0.552. The summed E-state index contributed by atoms with van der Waals surface area (Å²) in [4.78, 5) is 15.1. The van der Waals surface area contributed by atoms with Gasteiger partial charge in [-0.2, -0.15) is 0 Å². The van der Waals surface area contributed by atoms with Crippen LogP contribution in [-0.2, 0) is 0 Å². The summed E-state index contributed by atoms with van der Waals surface area (Å²) in [6.07, 6.45) is 0. The standard InChI is InChI=1S/C9H5Cl2NO2/c10-4-7(13)9-12-6-3-5(11)1-2-8(6)14-9/h1-3H,4H2. The zero-order valence-electron chi connectivity index (χ0n) is 6.96. The number of carbonyl (C=O) groups excluding carboxylic acids is 1. The molecule has 0 aliphatic carbocycles. The Bertz CT molecular complexity index is 493. The highest BCUT2D eigenvalue weighted by atomic mass is 35.5. The number of fused-ring (bicyclic) bond motifs is 1. The minimum absolute atomic E-state index is 0.0252. The van der Waals surface area contributed by atoms with E-state index in [0.29, 0.717) is 16.1 Å². The lowest BCUT2D eigenvalue weighted by atomic mass is 10.3. The van der Waals surface area contributed by atoms with Crippen molar-refractivity contribution >= 4 is 40.1 Å². The van der Waals surface area contributed by atoms with Crippen LogP contribution in [0.3, 0.4) is 0 Å². The first-order valence-electron chi connectivity index (χ1n) is 3.86. The van der Waals surface area contributed by atoms with E-state index in [-0.39, 0.29) is 17.6 Å². The third-order valence-electron chi connectivity index (χ3n) is 1.71. The third-order valence-corrected chi connectivity index (χ3v) is 2.19. The van der Waals surface area contributed by atoms with Gasteiger partial charge in [0.15, 0.2) is 5.58 Å². The topological polar surface area (TPSA) is 43.1 Å². The van der Waals surface area contributed by atoms with Gasteiger partial charge in [-0.25, -0.2) is 4.98 Å². The van der Waals surface area contributed by atoms with Crippen LogP contribution in [0.1, 0.15) is 10.7 Å². The predicted molar refractivity (Wildman–Crippen MR) is 54.1 cm³/mol. The lowest BCUT2D eigenvalue weighted by molar-refractivity contribution is 0.0986. The Morgan fingerprint density at radius 3 is 3.00 bits per heavy atom. The van der Waals surface area contributed by atoms with Gasteiger partial charge in [0.05, 0.1) is 5.88 Å². The van der Waals surface area contributed by atoms with Crippen molar-refractivity contribution in [3.63, 3.8) is 0 Å². The number of Topliss-reactive ketones (excluding diaryl/α,β-unsaturated/α-hetero) is 1. The van der Waals surface area contributed by atoms with Crippen molar-refractivity contribution in [3.05, 3.63) is 29.1 Å². The fourth-order valence-electron chi connectivity index (χ4n) is 1.08. The molecule has 0 aliphatic heterocycles. The molecule has 3 nitrogen and oxygen atoms in total. The first kappa shape index (κ1) is 9.49. The quantitative estimate of drug-likeness (QED) is 0.588. The van der Waals surface area contributed by atoms with Gasteiger partial charge >= 0.3 is 0 Å². The van der Waals surface area contributed by atoms with Crippen molar-refractivity contribution in [2.75, 3.05) is 5.88 Å². The molecule has 0 atom stereocenters. The number of hydrogen-bond donors (Lipinski definition) is 0.